The second-order valence-corrected chi connectivity index (χ2v) is 10.4. The third kappa shape index (κ3) is 5.50. The summed E-state index contributed by atoms with van der Waals surface area (Å²) in [6.07, 6.45) is 7.93. The van der Waals surface area contributed by atoms with Crippen LogP contribution in [-0.2, 0) is 11.8 Å². The zero-order valence-corrected chi connectivity index (χ0v) is 24.0. The van der Waals surface area contributed by atoms with E-state index in [2.05, 4.69) is 61.3 Å². The van der Waals surface area contributed by atoms with Crippen LogP contribution in [0.1, 0.15) is 32.8 Å². The van der Waals surface area contributed by atoms with Crippen molar-refractivity contribution >= 4 is 34.3 Å². The van der Waals surface area contributed by atoms with E-state index in [0.717, 1.165) is 60.3 Å². The van der Waals surface area contributed by atoms with Crippen molar-refractivity contribution in [3.8, 4) is 17.1 Å². The highest BCUT2D eigenvalue weighted by Gasteiger charge is 2.29. The number of nitrogens with one attached hydrogen (secondary N) is 3. The van der Waals surface area contributed by atoms with Crippen molar-refractivity contribution in [2.75, 3.05) is 43.9 Å². The molecular formula is C28H38N10O2. The molecule has 0 aromatic carbocycles. The van der Waals surface area contributed by atoms with Gasteiger partial charge in [-0.3, -0.25) is 19.3 Å². The summed E-state index contributed by atoms with van der Waals surface area (Å²) in [5, 5.41) is 11.5. The van der Waals surface area contributed by atoms with Gasteiger partial charge in [-0.25, -0.2) is 15.0 Å². The van der Waals surface area contributed by atoms with Crippen molar-refractivity contribution in [2.45, 2.75) is 46.2 Å². The van der Waals surface area contributed by atoms with E-state index >= 15 is 0 Å². The highest BCUT2D eigenvalue weighted by Crippen LogP contribution is 2.33. The van der Waals surface area contributed by atoms with Crippen LogP contribution >= 0.6 is 0 Å². The Kier molecular flexibility index (Phi) is 7.99. The molecule has 1 saturated heterocycles. The van der Waals surface area contributed by atoms with Gasteiger partial charge in [0, 0.05) is 68.8 Å². The van der Waals surface area contributed by atoms with Gasteiger partial charge in [-0.15, -0.1) is 5.10 Å². The van der Waals surface area contributed by atoms with Crippen LogP contribution < -0.4 is 15.4 Å². The van der Waals surface area contributed by atoms with Gasteiger partial charge < -0.3 is 20.4 Å². The summed E-state index contributed by atoms with van der Waals surface area (Å²) in [6.45, 7) is 12.2. The average molecular weight is 547 g/mol. The van der Waals surface area contributed by atoms with Gasteiger partial charge in [-0.2, -0.15) is 0 Å². The molecule has 1 aliphatic heterocycles. The molecule has 0 saturated carbocycles. The van der Waals surface area contributed by atoms with E-state index in [1.54, 1.807) is 24.2 Å². The molecule has 12 heteroatoms. The Morgan fingerprint density at radius 3 is 2.62 bits per heavy atom. The Hall–Kier alpha value is -4.03. The fourth-order valence-corrected chi connectivity index (χ4v) is 5.32. The molecule has 5 rings (SSSR count). The number of methoxy groups -OCH3 is 1. The van der Waals surface area contributed by atoms with Crippen molar-refractivity contribution in [3.05, 3.63) is 36.4 Å². The number of anilines is 3. The third-order valence-electron chi connectivity index (χ3n) is 7.51. The quantitative estimate of drug-likeness (QED) is 0.289. The first-order valence-electron chi connectivity index (χ1n) is 13.7. The molecule has 1 unspecified atom stereocenters. The molecule has 0 radical (unpaired) electrons. The van der Waals surface area contributed by atoms with Crippen LogP contribution in [-0.4, -0.2) is 90.8 Å². The van der Waals surface area contributed by atoms with E-state index in [0.29, 0.717) is 29.4 Å². The van der Waals surface area contributed by atoms with Gasteiger partial charge in [0.05, 0.1) is 30.6 Å². The minimum Gasteiger partial charge on any atom is -0.478 e. The topological polar surface area (TPSA) is 129 Å². The van der Waals surface area contributed by atoms with E-state index < -0.39 is 0 Å². The van der Waals surface area contributed by atoms with Gasteiger partial charge in [0.1, 0.15) is 5.69 Å². The zero-order chi connectivity index (χ0) is 28.4. The number of H-pyrrole nitrogens is 1. The lowest BCUT2D eigenvalue weighted by Crippen LogP contribution is -2.54. The summed E-state index contributed by atoms with van der Waals surface area (Å²) < 4.78 is 7.00. The molecule has 1 atom stereocenters. The number of ether oxygens (including phenoxy) is 1. The molecule has 0 bridgehead atoms. The number of aromatic nitrogens is 6. The number of nitrogens with zero attached hydrogens (tertiary/aromatic N) is 7. The summed E-state index contributed by atoms with van der Waals surface area (Å²) in [7, 11) is 3.39. The van der Waals surface area contributed by atoms with Crippen LogP contribution in [0.15, 0.2) is 30.9 Å². The van der Waals surface area contributed by atoms with Crippen molar-refractivity contribution in [1.29, 1.82) is 0 Å². The molecule has 4 aromatic rings. The fourth-order valence-electron chi connectivity index (χ4n) is 5.32. The van der Waals surface area contributed by atoms with E-state index in [-0.39, 0.29) is 11.9 Å². The monoisotopic (exact) mass is 546 g/mol. The molecule has 3 N–H and O–H groups in total. The minimum absolute atomic E-state index is 0.0354. The molecule has 212 valence electrons. The van der Waals surface area contributed by atoms with Gasteiger partial charge in [0.15, 0.2) is 5.82 Å². The predicted molar refractivity (Wildman–Crippen MR) is 156 cm³/mol. The fraction of sp³-hybridized carbons (Fsp3) is 0.464. The number of amides is 1. The predicted octanol–water partition coefficient (Wildman–Crippen LogP) is 3.56. The lowest BCUT2D eigenvalue weighted by atomic mass is 10.1. The number of fused-ring (bicyclic) bond motifs is 1. The molecular weight excluding hydrogens is 508 g/mol. The Labute approximate surface area is 234 Å². The van der Waals surface area contributed by atoms with Gasteiger partial charge in [-0.1, -0.05) is 6.92 Å². The minimum atomic E-state index is -0.206. The maximum atomic E-state index is 13.4. The second-order valence-electron chi connectivity index (χ2n) is 10.4. The third-order valence-corrected chi connectivity index (χ3v) is 7.51. The van der Waals surface area contributed by atoms with Crippen LogP contribution in [0.4, 0.5) is 17.5 Å². The van der Waals surface area contributed by atoms with E-state index in [4.69, 9.17) is 9.72 Å². The van der Waals surface area contributed by atoms with Crippen LogP contribution in [0.5, 0.6) is 5.88 Å². The molecule has 1 aliphatic rings. The van der Waals surface area contributed by atoms with Crippen LogP contribution in [0.3, 0.4) is 0 Å². The molecule has 0 spiro atoms. The number of carbonyl (C=O) groups is 1. The van der Waals surface area contributed by atoms with Gasteiger partial charge in [-0.05, 0) is 38.8 Å². The largest absolute Gasteiger partial charge is 0.478 e. The Morgan fingerprint density at radius 2 is 1.93 bits per heavy atom. The normalized spacial score (nSPS) is 15.5. The summed E-state index contributed by atoms with van der Waals surface area (Å²) in [4.78, 5) is 35.3. The van der Waals surface area contributed by atoms with Gasteiger partial charge in [0.2, 0.25) is 11.9 Å². The first kappa shape index (κ1) is 27.5. The summed E-state index contributed by atoms with van der Waals surface area (Å²) >= 11 is 0. The van der Waals surface area contributed by atoms with Crippen LogP contribution in [0, 0.1) is 6.92 Å². The molecule has 40 heavy (non-hydrogen) atoms. The maximum Gasteiger partial charge on any atom is 0.256 e. The Balaban J connectivity index is 1.38. The lowest BCUT2D eigenvalue weighted by Gasteiger charge is -2.39. The van der Waals surface area contributed by atoms with E-state index in [1.165, 1.54) is 0 Å². The number of rotatable bonds is 9. The zero-order valence-electron chi connectivity index (χ0n) is 24.0. The standard InChI is InChI=1S/C28H38N10O2/c1-7-22(38-12-10-37(11-13-38)17(2)3)26(39)34-25-24-19(8-9-29-25)20(15-30-24)23-18(4)14-31-28(33-23)32-21-16-36(5)35-27(21)40-6/h8-9,14-17,22,30H,7,10-13H2,1-6H3,(H,29,34,39)(H,31,32,33). The second kappa shape index (κ2) is 11.6. The summed E-state index contributed by atoms with van der Waals surface area (Å²) in [5.41, 5.74) is 4.00. The van der Waals surface area contributed by atoms with Crippen LogP contribution in [0.2, 0.25) is 0 Å². The average Bonchev–Trinajstić information content (AvgIpc) is 3.53. The summed E-state index contributed by atoms with van der Waals surface area (Å²) in [5.74, 6) is 1.36. The first-order chi connectivity index (χ1) is 19.3. The highest BCUT2D eigenvalue weighted by atomic mass is 16.5. The number of pyridine rings is 1. The van der Waals surface area contributed by atoms with Crippen LogP contribution in [0.25, 0.3) is 22.2 Å². The Bertz CT molecular complexity index is 1490. The maximum absolute atomic E-state index is 13.4. The molecule has 1 fully saturated rings. The Morgan fingerprint density at radius 1 is 1.18 bits per heavy atom. The lowest BCUT2D eigenvalue weighted by molar-refractivity contribution is -0.122. The smallest absolute Gasteiger partial charge is 0.256 e. The molecule has 1 amide bonds. The van der Waals surface area contributed by atoms with Crippen molar-refractivity contribution in [1.82, 2.24) is 39.5 Å². The summed E-state index contributed by atoms with van der Waals surface area (Å²) in [6, 6.07) is 2.24. The van der Waals surface area contributed by atoms with Crippen molar-refractivity contribution in [2.24, 2.45) is 7.05 Å². The van der Waals surface area contributed by atoms with E-state index in [9.17, 15) is 4.79 Å². The van der Waals surface area contributed by atoms with Gasteiger partial charge in [0.25, 0.3) is 5.88 Å². The first-order valence-corrected chi connectivity index (χ1v) is 13.7. The molecule has 5 heterocycles. The number of carbonyl (C=O) groups excluding carboxylic acids is 1. The van der Waals surface area contributed by atoms with E-state index in [1.807, 2.05) is 32.4 Å². The molecule has 0 aliphatic carbocycles. The number of hydrogen-bond acceptors (Lipinski definition) is 9. The van der Waals surface area contributed by atoms with Crippen molar-refractivity contribution in [3.63, 3.8) is 0 Å². The number of aryl methyl sites for hydroxylation is 2. The number of hydrogen-bond donors (Lipinski definition) is 3. The molecule has 12 nitrogen and oxygen atoms in total. The molecule has 4 aromatic heterocycles. The number of aromatic amines is 1. The number of piperazine rings is 1. The highest BCUT2D eigenvalue weighted by molar-refractivity contribution is 6.05. The van der Waals surface area contributed by atoms with Gasteiger partial charge >= 0.3 is 0 Å². The van der Waals surface area contributed by atoms with Crippen molar-refractivity contribution < 1.29 is 9.53 Å². The SMILES string of the molecule is CCC(C(=O)Nc1nccc2c(-c3nc(Nc4cn(C)nc4OC)ncc3C)c[nH]c12)N1CCN(C(C)C)CC1.